The van der Waals surface area contributed by atoms with E-state index >= 15 is 0 Å². The van der Waals surface area contributed by atoms with Crippen LogP contribution in [0.15, 0.2) is 18.3 Å². The first-order valence-electron chi connectivity index (χ1n) is 5.56. The highest BCUT2D eigenvalue weighted by molar-refractivity contribution is 5.40. The van der Waals surface area contributed by atoms with Gasteiger partial charge in [-0.1, -0.05) is 13.0 Å². The quantitative estimate of drug-likeness (QED) is 0.803. The van der Waals surface area contributed by atoms with E-state index in [1.807, 2.05) is 12.1 Å². The summed E-state index contributed by atoms with van der Waals surface area (Å²) in [6.07, 6.45) is 2.59. The lowest BCUT2D eigenvalue weighted by Crippen LogP contribution is -2.20. The predicted octanol–water partition coefficient (Wildman–Crippen LogP) is 1.98. The molecule has 0 aliphatic carbocycles. The lowest BCUT2D eigenvalue weighted by atomic mass is 10.2. The third-order valence-electron chi connectivity index (χ3n) is 3.00. The number of rotatable bonds is 2. The zero-order valence-corrected chi connectivity index (χ0v) is 9.35. The van der Waals surface area contributed by atoms with Crippen molar-refractivity contribution in [2.75, 3.05) is 18.0 Å². The van der Waals surface area contributed by atoms with Gasteiger partial charge in [-0.2, -0.15) is 0 Å². The van der Waals surface area contributed by atoms with Gasteiger partial charge in [0.2, 0.25) is 0 Å². The summed E-state index contributed by atoms with van der Waals surface area (Å²) in [6.45, 7) is 6.22. The number of pyridine rings is 1. The zero-order chi connectivity index (χ0) is 10.8. The molecule has 0 radical (unpaired) electrons. The molecular weight excluding hydrogens is 188 g/mol. The maximum atomic E-state index is 9.37. The molecule has 0 amide bonds. The second-order valence-corrected chi connectivity index (χ2v) is 4.47. The number of anilines is 1. The molecule has 1 aliphatic rings. The summed E-state index contributed by atoms with van der Waals surface area (Å²) in [6, 6.07) is 3.95. The first-order chi connectivity index (χ1) is 7.16. The molecule has 1 N–H and O–H groups in total. The summed E-state index contributed by atoms with van der Waals surface area (Å²) < 4.78 is 0. The van der Waals surface area contributed by atoms with E-state index < -0.39 is 6.10 Å². The van der Waals surface area contributed by atoms with Crippen LogP contribution in [0.5, 0.6) is 0 Å². The van der Waals surface area contributed by atoms with Gasteiger partial charge in [-0.25, -0.2) is 4.98 Å². The molecule has 15 heavy (non-hydrogen) atoms. The van der Waals surface area contributed by atoms with Crippen LogP contribution in [0.2, 0.25) is 0 Å². The average molecular weight is 206 g/mol. The second-order valence-electron chi connectivity index (χ2n) is 4.47. The van der Waals surface area contributed by atoms with Crippen molar-refractivity contribution in [2.24, 2.45) is 5.92 Å². The smallest absolute Gasteiger partial charge is 0.128 e. The molecule has 2 heterocycles. The first-order valence-corrected chi connectivity index (χ1v) is 5.56. The molecule has 1 aliphatic heterocycles. The Labute approximate surface area is 90.8 Å². The van der Waals surface area contributed by atoms with Crippen molar-refractivity contribution in [3.05, 3.63) is 23.9 Å². The lowest BCUT2D eigenvalue weighted by Gasteiger charge is -2.17. The molecule has 82 valence electrons. The van der Waals surface area contributed by atoms with Gasteiger partial charge in [0, 0.05) is 19.3 Å². The molecule has 1 fully saturated rings. The molecule has 1 saturated heterocycles. The van der Waals surface area contributed by atoms with Gasteiger partial charge in [-0.05, 0) is 30.9 Å². The minimum absolute atomic E-state index is 0.427. The predicted molar refractivity (Wildman–Crippen MR) is 60.9 cm³/mol. The largest absolute Gasteiger partial charge is 0.389 e. The van der Waals surface area contributed by atoms with Crippen molar-refractivity contribution < 1.29 is 5.11 Å². The van der Waals surface area contributed by atoms with Gasteiger partial charge in [0.05, 0.1) is 6.10 Å². The minimum Gasteiger partial charge on any atom is -0.389 e. The van der Waals surface area contributed by atoms with Gasteiger partial charge in [0.1, 0.15) is 5.82 Å². The highest BCUT2D eigenvalue weighted by Crippen LogP contribution is 2.22. The summed E-state index contributed by atoms with van der Waals surface area (Å²) in [7, 11) is 0. The van der Waals surface area contributed by atoms with Crippen LogP contribution in [-0.2, 0) is 0 Å². The summed E-state index contributed by atoms with van der Waals surface area (Å²) >= 11 is 0. The van der Waals surface area contributed by atoms with E-state index in [9.17, 15) is 5.11 Å². The van der Waals surface area contributed by atoms with Gasteiger partial charge in [-0.3, -0.25) is 0 Å². The van der Waals surface area contributed by atoms with Crippen molar-refractivity contribution in [3.8, 4) is 0 Å². The molecule has 2 rings (SSSR count). The molecule has 2 atom stereocenters. The van der Waals surface area contributed by atoms with E-state index in [0.29, 0.717) is 0 Å². The van der Waals surface area contributed by atoms with Gasteiger partial charge in [0.15, 0.2) is 0 Å². The lowest BCUT2D eigenvalue weighted by molar-refractivity contribution is 0.199. The third-order valence-corrected chi connectivity index (χ3v) is 3.00. The molecule has 3 nitrogen and oxygen atoms in total. The highest BCUT2D eigenvalue weighted by atomic mass is 16.3. The van der Waals surface area contributed by atoms with Crippen LogP contribution in [-0.4, -0.2) is 23.2 Å². The van der Waals surface area contributed by atoms with Crippen LogP contribution in [0.4, 0.5) is 5.82 Å². The topological polar surface area (TPSA) is 36.4 Å². The molecule has 0 spiro atoms. The van der Waals surface area contributed by atoms with E-state index in [-0.39, 0.29) is 0 Å². The van der Waals surface area contributed by atoms with Crippen molar-refractivity contribution in [2.45, 2.75) is 26.4 Å². The SMILES string of the molecule is CC1CCN(c2ccc([C@@H](C)O)cn2)C1. The summed E-state index contributed by atoms with van der Waals surface area (Å²) in [5, 5.41) is 9.37. The summed E-state index contributed by atoms with van der Waals surface area (Å²) in [5.74, 6) is 1.80. The Morgan fingerprint density at radius 3 is 2.80 bits per heavy atom. The molecule has 0 bridgehead atoms. The Morgan fingerprint density at radius 2 is 2.33 bits per heavy atom. The fourth-order valence-corrected chi connectivity index (χ4v) is 1.97. The zero-order valence-electron chi connectivity index (χ0n) is 9.35. The monoisotopic (exact) mass is 206 g/mol. The van der Waals surface area contributed by atoms with Crippen LogP contribution < -0.4 is 4.90 Å². The minimum atomic E-state index is -0.427. The van der Waals surface area contributed by atoms with Crippen molar-refractivity contribution >= 4 is 5.82 Å². The number of hydrogen-bond acceptors (Lipinski definition) is 3. The summed E-state index contributed by atoms with van der Waals surface area (Å²) in [5.41, 5.74) is 0.881. The van der Waals surface area contributed by atoms with Crippen molar-refractivity contribution in [1.82, 2.24) is 4.98 Å². The van der Waals surface area contributed by atoms with Gasteiger partial charge in [0.25, 0.3) is 0 Å². The number of aliphatic hydroxyl groups excluding tert-OH is 1. The molecule has 0 aromatic carbocycles. The molecule has 1 aromatic rings. The maximum Gasteiger partial charge on any atom is 0.128 e. The maximum absolute atomic E-state index is 9.37. The Bertz CT molecular complexity index is 321. The van der Waals surface area contributed by atoms with Crippen molar-refractivity contribution in [3.63, 3.8) is 0 Å². The Kier molecular flexibility index (Phi) is 2.91. The van der Waals surface area contributed by atoms with Gasteiger partial charge >= 0.3 is 0 Å². The Morgan fingerprint density at radius 1 is 1.53 bits per heavy atom. The molecule has 3 heteroatoms. The van der Waals surface area contributed by atoms with E-state index in [1.54, 1.807) is 13.1 Å². The third kappa shape index (κ3) is 2.29. The van der Waals surface area contributed by atoms with E-state index in [0.717, 1.165) is 30.4 Å². The normalized spacial score (nSPS) is 23.1. The van der Waals surface area contributed by atoms with E-state index in [2.05, 4.69) is 16.8 Å². The van der Waals surface area contributed by atoms with Gasteiger partial charge in [-0.15, -0.1) is 0 Å². The van der Waals surface area contributed by atoms with Crippen molar-refractivity contribution in [1.29, 1.82) is 0 Å². The van der Waals surface area contributed by atoms with Crippen LogP contribution in [0, 0.1) is 5.92 Å². The van der Waals surface area contributed by atoms with E-state index in [4.69, 9.17) is 0 Å². The molecule has 1 aromatic heterocycles. The standard InChI is InChI=1S/C12H18N2O/c1-9-5-6-14(8-9)12-4-3-11(7-13-12)10(2)15/h3-4,7,9-10,15H,5-6,8H2,1-2H3/t9?,10-/m1/s1. The van der Waals surface area contributed by atoms with Crippen LogP contribution in [0.3, 0.4) is 0 Å². The number of aliphatic hydroxyl groups is 1. The molecule has 0 saturated carbocycles. The fourth-order valence-electron chi connectivity index (χ4n) is 1.97. The first kappa shape index (κ1) is 10.4. The fraction of sp³-hybridized carbons (Fsp3) is 0.583. The second kappa shape index (κ2) is 4.19. The highest BCUT2D eigenvalue weighted by Gasteiger charge is 2.19. The molecule has 1 unspecified atom stereocenters. The van der Waals surface area contributed by atoms with Crippen LogP contribution in [0.25, 0.3) is 0 Å². The Hall–Kier alpha value is -1.09. The number of nitrogens with zero attached hydrogens (tertiary/aromatic N) is 2. The van der Waals surface area contributed by atoms with Gasteiger partial charge < -0.3 is 10.0 Å². The average Bonchev–Trinajstić information content (AvgIpc) is 2.65. The molecular formula is C12H18N2O. The number of hydrogen-bond donors (Lipinski definition) is 1. The van der Waals surface area contributed by atoms with E-state index in [1.165, 1.54) is 6.42 Å². The number of aromatic nitrogens is 1. The van der Waals surface area contributed by atoms with Crippen LogP contribution in [0.1, 0.15) is 31.9 Å². The summed E-state index contributed by atoms with van der Waals surface area (Å²) in [4.78, 5) is 6.68. The Balaban J connectivity index is 2.10. The van der Waals surface area contributed by atoms with Crippen LogP contribution >= 0.6 is 0 Å².